The molecule has 1 aromatic carbocycles. The van der Waals surface area contributed by atoms with Crippen LogP contribution in [-0.4, -0.2) is 25.2 Å². The van der Waals surface area contributed by atoms with Crippen LogP contribution >= 0.6 is 11.8 Å². The zero-order valence-electron chi connectivity index (χ0n) is 11.5. The highest BCUT2D eigenvalue weighted by molar-refractivity contribution is 7.98. The van der Waals surface area contributed by atoms with E-state index in [1.165, 1.54) is 13.2 Å². The fraction of sp³-hybridized carbons (Fsp3) is 0.571. The molecular weight excluding hydrogens is 249 g/mol. The summed E-state index contributed by atoms with van der Waals surface area (Å²) in [5, 5.41) is 3.47. The van der Waals surface area contributed by atoms with E-state index in [1.807, 2.05) is 17.8 Å². The lowest BCUT2D eigenvalue weighted by Gasteiger charge is -2.20. The Hall–Kier alpha value is -0.740. The number of ether oxygens (including phenoxy) is 1. The molecule has 2 nitrogen and oxygen atoms in total. The molecule has 0 aliphatic carbocycles. The topological polar surface area (TPSA) is 21.3 Å². The maximum atomic E-state index is 13.6. The van der Waals surface area contributed by atoms with Crippen LogP contribution in [0.1, 0.15) is 31.9 Å². The zero-order chi connectivity index (χ0) is 13.5. The lowest BCUT2D eigenvalue weighted by atomic mass is 10.1. The van der Waals surface area contributed by atoms with Crippen molar-refractivity contribution in [1.82, 2.24) is 5.32 Å². The van der Waals surface area contributed by atoms with E-state index in [4.69, 9.17) is 4.74 Å². The van der Waals surface area contributed by atoms with Crippen LogP contribution in [0.25, 0.3) is 0 Å². The van der Waals surface area contributed by atoms with Gasteiger partial charge in [-0.05, 0) is 50.0 Å². The van der Waals surface area contributed by atoms with Gasteiger partial charge in [-0.3, -0.25) is 0 Å². The predicted octanol–water partition coefficient (Wildman–Crippen LogP) is 3.63. The summed E-state index contributed by atoms with van der Waals surface area (Å²) in [5.74, 6) is 1.12. The van der Waals surface area contributed by atoms with E-state index >= 15 is 0 Å². The van der Waals surface area contributed by atoms with E-state index in [0.29, 0.717) is 11.8 Å². The Labute approximate surface area is 113 Å². The van der Waals surface area contributed by atoms with Crippen LogP contribution < -0.4 is 10.1 Å². The number of benzene rings is 1. The van der Waals surface area contributed by atoms with Gasteiger partial charge in [-0.2, -0.15) is 11.8 Å². The Morgan fingerprint density at radius 3 is 2.67 bits per heavy atom. The van der Waals surface area contributed by atoms with Gasteiger partial charge in [0.2, 0.25) is 0 Å². The van der Waals surface area contributed by atoms with Crippen molar-refractivity contribution in [2.45, 2.75) is 32.4 Å². The highest BCUT2D eigenvalue weighted by atomic mass is 32.2. The van der Waals surface area contributed by atoms with Gasteiger partial charge in [-0.15, -0.1) is 0 Å². The summed E-state index contributed by atoms with van der Waals surface area (Å²) in [4.78, 5) is 0. The summed E-state index contributed by atoms with van der Waals surface area (Å²) in [5.41, 5.74) is 0.948. The van der Waals surface area contributed by atoms with Gasteiger partial charge in [0, 0.05) is 12.1 Å². The van der Waals surface area contributed by atoms with Gasteiger partial charge in [-0.1, -0.05) is 6.07 Å². The standard InChI is InChI=1S/C14H22FNOS/c1-10(7-8-18-4)16-11(2)12-5-6-14(17-3)13(15)9-12/h5-6,9-11,16H,7-8H2,1-4H3. The molecule has 0 spiro atoms. The number of methoxy groups -OCH3 is 1. The molecule has 0 saturated heterocycles. The Morgan fingerprint density at radius 2 is 2.11 bits per heavy atom. The minimum Gasteiger partial charge on any atom is -0.494 e. The summed E-state index contributed by atoms with van der Waals surface area (Å²) >= 11 is 1.84. The Balaban J connectivity index is 2.61. The third-order valence-corrected chi connectivity index (χ3v) is 3.61. The molecule has 18 heavy (non-hydrogen) atoms. The molecule has 2 atom stereocenters. The van der Waals surface area contributed by atoms with E-state index < -0.39 is 0 Å². The van der Waals surface area contributed by atoms with Gasteiger partial charge in [0.05, 0.1) is 7.11 Å². The monoisotopic (exact) mass is 271 g/mol. The fourth-order valence-corrected chi connectivity index (χ4v) is 2.44. The van der Waals surface area contributed by atoms with Crippen LogP contribution in [0, 0.1) is 5.82 Å². The third kappa shape index (κ3) is 4.50. The number of nitrogens with one attached hydrogen (secondary N) is 1. The Morgan fingerprint density at radius 1 is 1.39 bits per heavy atom. The first kappa shape index (κ1) is 15.3. The second kappa shape index (κ2) is 7.64. The second-order valence-electron chi connectivity index (χ2n) is 4.46. The van der Waals surface area contributed by atoms with Crippen LogP contribution in [0.4, 0.5) is 4.39 Å². The number of hydrogen-bond donors (Lipinski definition) is 1. The van der Waals surface area contributed by atoms with E-state index in [0.717, 1.165) is 17.7 Å². The molecule has 1 N–H and O–H groups in total. The third-order valence-electron chi connectivity index (χ3n) is 2.97. The van der Waals surface area contributed by atoms with Crippen molar-refractivity contribution >= 4 is 11.8 Å². The molecule has 102 valence electrons. The maximum Gasteiger partial charge on any atom is 0.165 e. The van der Waals surface area contributed by atoms with Crippen LogP contribution in [0.2, 0.25) is 0 Å². The Bertz CT molecular complexity index is 373. The van der Waals surface area contributed by atoms with Gasteiger partial charge in [0.1, 0.15) is 0 Å². The quantitative estimate of drug-likeness (QED) is 0.818. The predicted molar refractivity (Wildman–Crippen MR) is 77.0 cm³/mol. The van der Waals surface area contributed by atoms with Crippen LogP contribution in [-0.2, 0) is 0 Å². The van der Waals surface area contributed by atoms with Gasteiger partial charge >= 0.3 is 0 Å². The van der Waals surface area contributed by atoms with Gasteiger partial charge in [0.15, 0.2) is 11.6 Å². The normalized spacial score (nSPS) is 14.3. The van der Waals surface area contributed by atoms with Crippen LogP contribution in [0.5, 0.6) is 5.75 Å². The number of halogens is 1. The summed E-state index contributed by atoms with van der Waals surface area (Å²) in [6, 6.07) is 5.69. The highest BCUT2D eigenvalue weighted by Gasteiger charge is 2.11. The molecule has 0 fully saturated rings. The number of rotatable bonds is 7. The molecular formula is C14H22FNOS. The minimum atomic E-state index is -0.305. The smallest absolute Gasteiger partial charge is 0.165 e. The molecule has 1 aromatic rings. The zero-order valence-corrected chi connectivity index (χ0v) is 12.3. The molecule has 0 amide bonds. The number of hydrogen-bond acceptors (Lipinski definition) is 3. The second-order valence-corrected chi connectivity index (χ2v) is 5.45. The first-order valence-corrected chi connectivity index (χ1v) is 7.56. The van der Waals surface area contributed by atoms with Crippen molar-refractivity contribution < 1.29 is 9.13 Å². The van der Waals surface area contributed by atoms with Crippen molar-refractivity contribution in [3.8, 4) is 5.75 Å². The van der Waals surface area contributed by atoms with E-state index in [1.54, 1.807) is 6.07 Å². The van der Waals surface area contributed by atoms with Crippen molar-refractivity contribution in [3.63, 3.8) is 0 Å². The lowest BCUT2D eigenvalue weighted by molar-refractivity contribution is 0.385. The van der Waals surface area contributed by atoms with E-state index in [-0.39, 0.29) is 11.9 Å². The first-order valence-electron chi connectivity index (χ1n) is 6.17. The van der Waals surface area contributed by atoms with Gasteiger partial charge < -0.3 is 10.1 Å². The largest absolute Gasteiger partial charge is 0.494 e. The molecule has 2 unspecified atom stereocenters. The highest BCUT2D eigenvalue weighted by Crippen LogP contribution is 2.22. The van der Waals surface area contributed by atoms with Crippen molar-refractivity contribution in [1.29, 1.82) is 0 Å². The van der Waals surface area contributed by atoms with Crippen molar-refractivity contribution in [2.75, 3.05) is 19.1 Å². The van der Waals surface area contributed by atoms with Crippen molar-refractivity contribution in [2.24, 2.45) is 0 Å². The molecule has 0 aliphatic heterocycles. The van der Waals surface area contributed by atoms with Crippen LogP contribution in [0.15, 0.2) is 18.2 Å². The lowest BCUT2D eigenvalue weighted by Crippen LogP contribution is -2.29. The fourth-order valence-electron chi connectivity index (χ4n) is 1.85. The molecule has 0 aliphatic rings. The van der Waals surface area contributed by atoms with E-state index in [2.05, 4.69) is 25.4 Å². The van der Waals surface area contributed by atoms with Crippen LogP contribution in [0.3, 0.4) is 0 Å². The molecule has 4 heteroatoms. The summed E-state index contributed by atoms with van der Waals surface area (Å²) < 4.78 is 18.5. The molecule has 0 bridgehead atoms. The first-order chi connectivity index (χ1) is 8.58. The van der Waals surface area contributed by atoms with Gasteiger partial charge in [0.25, 0.3) is 0 Å². The molecule has 1 rings (SSSR count). The SMILES string of the molecule is COc1ccc(C(C)NC(C)CCSC)cc1F. The summed E-state index contributed by atoms with van der Waals surface area (Å²) in [7, 11) is 1.48. The van der Waals surface area contributed by atoms with Gasteiger partial charge in [-0.25, -0.2) is 4.39 Å². The average molecular weight is 271 g/mol. The molecule has 0 heterocycles. The van der Waals surface area contributed by atoms with E-state index in [9.17, 15) is 4.39 Å². The van der Waals surface area contributed by atoms with Crippen molar-refractivity contribution in [3.05, 3.63) is 29.6 Å². The minimum absolute atomic E-state index is 0.141. The molecule has 0 radical (unpaired) electrons. The summed E-state index contributed by atoms with van der Waals surface area (Å²) in [6.07, 6.45) is 3.22. The summed E-state index contributed by atoms with van der Waals surface area (Å²) in [6.45, 7) is 4.21. The molecule has 0 saturated carbocycles. The average Bonchev–Trinajstić information content (AvgIpc) is 2.36. The maximum absolute atomic E-state index is 13.6. The number of thioether (sulfide) groups is 1. The Kier molecular flexibility index (Phi) is 6.50. The molecule has 0 aromatic heterocycles.